The number of benzene rings is 2. The van der Waals surface area contributed by atoms with E-state index in [9.17, 15) is 9.90 Å². The second-order valence-corrected chi connectivity index (χ2v) is 5.93. The van der Waals surface area contributed by atoms with Crippen molar-refractivity contribution in [3.63, 3.8) is 0 Å². The third kappa shape index (κ3) is 2.80. The number of aromatic hydroxyl groups is 1. The largest absolute Gasteiger partial charge is 0.504 e. The van der Waals surface area contributed by atoms with Crippen LogP contribution in [-0.4, -0.2) is 26.4 Å². The Morgan fingerprint density at radius 1 is 1.00 bits per heavy atom. The fourth-order valence-electron chi connectivity index (χ4n) is 2.57. The zero-order valence-corrected chi connectivity index (χ0v) is 15.3. The smallest absolute Gasteiger partial charge is 0.205 e. The number of phenols is 1. The first-order valence-corrected chi connectivity index (χ1v) is 8.05. The van der Waals surface area contributed by atoms with E-state index in [-0.39, 0.29) is 28.2 Å². The minimum atomic E-state index is -0.397. The van der Waals surface area contributed by atoms with Gasteiger partial charge in [-0.25, -0.2) is 0 Å². The van der Waals surface area contributed by atoms with Crippen LogP contribution in [0.3, 0.4) is 0 Å². The molecule has 0 atom stereocenters. The van der Waals surface area contributed by atoms with E-state index < -0.39 is 5.43 Å². The van der Waals surface area contributed by atoms with Crippen molar-refractivity contribution in [1.29, 1.82) is 0 Å². The first kappa shape index (κ1) is 17.2. The molecular formula is C18H15BrO6. The summed E-state index contributed by atoms with van der Waals surface area (Å²) in [4.78, 5) is 12.6. The quantitative estimate of drug-likeness (QED) is 0.706. The highest BCUT2D eigenvalue weighted by atomic mass is 79.9. The van der Waals surface area contributed by atoms with Crippen LogP contribution in [0.25, 0.3) is 22.3 Å². The van der Waals surface area contributed by atoms with Gasteiger partial charge < -0.3 is 23.7 Å². The van der Waals surface area contributed by atoms with E-state index in [1.54, 1.807) is 31.4 Å². The molecule has 1 N–H and O–H groups in total. The van der Waals surface area contributed by atoms with Crippen molar-refractivity contribution in [3.05, 3.63) is 45.0 Å². The summed E-state index contributed by atoms with van der Waals surface area (Å²) in [6.45, 7) is 0. The summed E-state index contributed by atoms with van der Waals surface area (Å²) in [5.74, 6) is 1.02. The van der Waals surface area contributed by atoms with Crippen LogP contribution in [0.5, 0.6) is 23.0 Å². The number of methoxy groups -OCH3 is 3. The van der Waals surface area contributed by atoms with E-state index in [1.165, 1.54) is 20.3 Å². The van der Waals surface area contributed by atoms with E-state index in [0.29, 0.717) is 21.5 Å². The summed E-state index contributed by atoms with van der Waals surface area (Å²) in [6.07, 6.45) is 0. The zero-order valence-electron chi connectivity index (χ0n) is 13.8. The van der Waals surface area contributed by atoms with E-state index >= 15 is 0 Å². The lowest BCUT2D eigenvalue weighted by Crippen LogP contribution is -2.03. The van der Waals surface area contributed by atoms with Crippen LogP contribution in [0, 0.1) is 0 Å². The van der Waals surface area contributed by atoms with Gasteiger partial charge in [-0.05, 0) is 40.2 Å². The summed E-state index contributed by atoms with van der Waals surface area (Å²) in [6, 6.07) is 8.40. The maximum Gasteiger partial charge on any atom is 0.205 e. The molecular weight excluding hydrogens is 392 g/mol. The van der Waals surface area contributed by atoms with Crippen molar-refractivity contribution < 1.29 is 23.7 Å². The molecule has 0 bridgehead atoms. The average Bonchev–Trinajstić information content (AvgIpc) is 2.63. The average molecular weight is 407 g/mol. The monoisotopic (exact) mass is 406 g/mol. The first-order chi connectivity index (χ1) is 12.0. The molecule has 3 aromatic rings. The van der Waals surface area contributed by atoms with Gasteiger partial charge >= 0.3 is 0 Å². The fourth-order valence-corrected chi connectivity index (χ4v) is 3.19. The van der Waals surface area contributed by atoms with E-state index in [4.69, 9.17) is 18.6 Å². The molecule has 0 saturated carbocycles. The predicted molar refractivity (Wildman–Crippen MR) is 96.9 cm³/mol. The van der Waals surface area contributed by atoms with Crippen molar-refractivity contribution in [2.45, 2.75) is 0 Å². The van der Waals surface area contributed by atoms with E-state index in [2.05, 4.69) is 15.9 Å². The molecule has 6 nitrogen and oxygen atoms in total. The molecule has 0 aliphatic carbocycles. The number of halogens is 1. The van der Waals surface area contributed by atoms with E-state index in [1.807, 2.05) is 0 Å². The first-order valence-electron chi connectivity index (χ1n) is 7.26. The SMILES string of the molecule is COc1ccc(-c2cc(=O)c3c(O)c(OC)c(OC)c(Br)c3o2)cc1. The van der Waals surface area contributed by atoms with E-state index in [0.717, 1.165) is 0 Å². The van der Waals surface area contributed by atoms with Crippen molar-refractivity contribution in [3.8, 4) is 34.3 Å². The Labute approximate surface area is 151 Å². The summed E-state index contributed by atoms with van der Waals surface area (Å²) in [5, 5.41) is 10.4. The van der Waals surface area contributed by atoms with Gasteiger partial charge in [0.25, 0.3) is 0 Å². The van der Waals surface area contributed by atoms with Gasteiger partial charge in [0.2, 0.25) is 5.75 Å². The summed E-state index contributed by atoms with van der Waals surface area (Å²) < 4.78 is 21.8. The van der Waals surface area contributed by atoms with Gasteiger partial charge in [0.15, 0.2) is 22.5 Å². The van der Waals surface area contributed by atoms with Crippen LogP contribution in [0.1, 0.15) is 0 Å². The Morgan fingerprint density at radius 2 is 1.64 bits per heavy atom. The molecule has 0 amide bonds. The Morgan fingerprint density at radius 3 is 2.20 bits per heavy atom. The summed E-state index contributed by atoms with van der Waals surface area (Å²) >= 11 is 3.36. The Balaban J connectivity index is 2.32. The molecule has 1 heterocycles. The Bertz CT molecular complexity index is 991. The Kier molecular flexibility index (Phi) is 4.59. The highest BCUT2D eigenvalue weighted by Gasteiger charge is 2.24. The zero-order chi connectivity index (χ0) is 18.1. The molecule has 0 radical (unpaired) electrons. The highest BCUT2D eigenvalue weighted by Crippen LogP contribution is 2.48. The van der Waals surface area contributed by atoms with Crippen molar-refractivity contribution in [2.75, 3.05) is 21.3 Å². The molecule has 0 spiro atoms. The van der Waals surface area contributed by atoms with Crippen LogP contribution >= 0.6 is 15.9 Å². The highest BCUT2D eigenvalue weighted by molar-refractivity contribution is 9.10. The number of fused-ring (bicyclic) bond motifs is 1. The second kappa shape index (κ2) is 6.68. The second-order valence-electron chi connectivity index (χ2n) is 5.14. The molecule has 130 valence electrons. The van der Waals surface area contributed by atoms with Gasteiger partial charge in [-0.2, -0.15) is 0 Å². The van der Waals surface area contributed by atoms with Gasteiger partial charge in [-0.1, -0.05) is 0 Å². The third-order valence-electron chi connectivity index (χ3n) is 3.79. The molecule has 25 heavy (non-hydrogen) atoms. The lowest BCUT2D eigenvalue weighted by Gasteiger charge is -2.14. The molecule has 1 aromatic heterocycles. The van der Waals surface area contributed by atoms with Crippen molar-refractivity contribution in [2.24, 2.45) is 0 Å². The van der Waals surface area contributed by atoms with Crippen molar-refractivity contribution in [1.82, 2.24) is 0 Å². The molecule has 2 aromatic carbocycles. The van der Waals surface area contributed by atoms with Crippen molar-refractivity contribution >= 4 is 26.9 Å². The van der Waals surface area contributed by atoms with Crippen LogP contribution in [-0.2, 0) is 0 Å². The topological polar surface area (TPSA) is 78.1 Å². The van der Waals surface area contributed by atoms with Gasteiger partial charge in [-0.3, -0.25) is 4.79 Å². The summed E-state index contributed by atoms with van der Waals surface area (Å²) in [5.41, 5.74) is 0.473. The maximum absolute atomic E-state index is 12.6. The number of phenolic OH excluding ortho intramolecular Hbond substituents is 1. The van der Waals surface area contributed by atoms with Crippen LogP contribution in [0.4, 0.5) is 0 Å². The number of hydrogen-bond acceptors (Lipinski definition) is 6. The van der Waals surface area contributed by atoms with Crippen LogP contribution in [0.2, 0.25) is 0 Å². The molecule has 0 fully saturated rings. The third-order valence-corrected chi connectivity index (χ3v) is 4.51. The van der Waals surface area contributed by atoms with Crippen LogP contribution < -0.4 is 19.6 Å². The molecule has 0 saturated heterocycles. The van der Waals surface area contributed by atoms with Gasteiger partial charge in [-0.15, -0.1) is 0 Å². The minimum absolute atomic E-state index is 0.0155. The number of rotatable bonds is 4. The van der Waals surface area contributed by atoms with Crippen LogP contribution in [0.15, 0.2) is 44.0 Å². The number of ether oxygens (including phenoxy) is 3. The fraction of sp³-hybridized carbons (Fsp3) is 0.167. The van der Waals surface area contributed by atoms with Gasteiger partial charge in [0.1, 0.15) is 21.4 Å². The number of hydrogen-bond donors (Lipinski definition) is 1. The normalized spacial score (nSPS) is 10.7. The standard InChI is InChI=1S/C18H15BrO6/c1-22-10-6-4-9(5-7-10)12-8-11(20)13-15(21)18(24-3)17(23-2)14(19)16(13)25-12/h4-8,21H,1-3H3. The maximum atomic E-state index is 12.6. The molecule has 3 rings (SSSR count). The Hall–Kier alpha value is -2.67. The molecule has 0 aliphatic heterocycles. The lowest BCUT2D eigenvalue weighted by atomic mass is 10.1. The van der Waals surface area contributed by atoms with Gasteiger partial charge in [0.05, 0.1) is 21.3 Å². The minimum Gasteiger partial charge on any atom is -0.504 e. The lowest BCUT2D eigenvalue weighted by molar-refractivity contribution is 0.333. The molecule has 7 heteroatoms. The summed E-state index contributed by atoms with van der Waals surface area (Å²) in [7, 11) is 4.38. The molecule has 0 unspecified atom stereocenters. The van der Waals surface area contributed by atoms with Gasteiger partial charge in [0, 0.05) is 11.6 Å². The predicted octanol–water partition coefficient (Wildman–Crippen LogP) is 3.95. The molecule has 0 aliphatic rings.